The van der Waals surface area contributed by atoms with Gasteiger partial charge in [-0.1, -0.05) is 133 Å². The van der Waals surface area contributed by atoms with E-state index in [0.717, 1.165) is 64.2 Å². The van der Waals surface area contributed by atoms with Gasteiger partial charge in [0.05, 0.1) is 13.2 Å². The van der Waals surface area contributed by atoms with Crippen molar-refractivity contribution in [1.82, 2.24) is 0 Å². The van der Waals surface area contributed by atoms with Crippen LogP contribution in [0.4, 0.5) is 0 Å². The zero-order valence-corrected chi connectivity index (χ0v) is 34.4. The summed E-state index contributed by atoms with van der Waals surface area (Å²) in [5.41, 5.74) is 0. The number of ether oxygens (including phenoxy) is 4. The van der Waals surface area contributed by atoms with Crippen molar-refractivity contribution < 1.29 is 49.0 Å². The summed E-state index contributed by atoms with van der Waals surface area (Å²) < 4.78 is 22.1. The Hall–Kier alpha value is -2.34. The molecule has 10 heteroatoms. The van der Waals surface area contributed by atoms with E-state index in [1.54, 1.807) is 0 Å². The van der Waals surface area contributed by atoms with Gasteiger partial charge in [-0.2, -0.15) is 0 Å². The molecule has 318 valence electrons. The zero-order valence-electron chi connectivity index (χ0n) is 34.4. The largest absolute Gasteiger partial charge is 0.462 e. The Labute approximate surface area is 333 Å². The molecule has 1 aliphatic rings. The van der Waals surface area contributed by atoms with E-state index in [2.05, 4.69) is 62.5 Å². The van der Waals surface area contributed by atoms with Gasteiger partial charge in [0.15, 0.2) is 12.4 Å². The molecule has 1 rings (SSSR count). The zero-order chi connectivity index (χ0) is 40.2. The van der Waals surface area contributed by atoms with Gasteiger partial charge >= 0.3 is 11.9 Å². The van der Waals surface area contributed by atoms with E-state index >= 15 is 0 Å². The molecule has 10 nitrogen and oxygen atoms in total. The van der Waals surface area contributed by atoms with Gasteiger partial charge < -0.3 is 39.4 Å². The molecule has 1 aliphatic heterocycles. The predicted molar refractivity (Wildman–Crippen MR) is 219 cm³/mol. The Balaban J connectivity index is 2.35. The van der Waals surface area contributed by atoms with E-state index in [9.17, 15) is 30.0 Å². The molecular weight excluding hydrogens is 700 g/mol. The van der Waals surface area contributed by atoms with Crippen LogP contribution in [-0.4, -0.2) is 89.0 Å². The van der Waals surface area contributed by atoms with Gasteiger partial charge in [0.25, 0.3) is 0 Å². The van der Waals surface area contributed by atoms with Gasteiger partial charge in [-0.05, 0) is 70.6 Å². The van der Waals surface area contributed by atoms with Gasteiger partial charge in [0.2, 0.25) is 0 Å². The van der Waals surface area contributed by atoms with E-state index in [1.807, 2.05) is 0 Å². The number of rotatable bonds is 35. The number of carbonyl (C=O) groups excluding carboxylic acids is 2. The molecule has 6 atom stereocenters. The number of esters is 2. The molecule has 0 aromatic rings. The normalized spacial score (nSPS) is 21.0. The van der Waals surface area contributed by atoms with Gasteiger partial charge in [0, 0.05) is 12.8 Å². The van der Waals surface area contributed by atoms with Crippen molar-refractivity contribution in [3.05, 3.63) is 48.6 Å². The van der Waals surface area contributed by atoms with Crippen LogP contribution in [0.3, 0.4) is 0 Å². The molecule has 4 N–H and O–H groups in total. The molecule has 6 unspecified atom stereocenters. The molecule has 0 aromatic carbocycles. The quantitative estimate of drug-likeness (QED) is 0.0279. The Morgan fingerprint density at radius 1 is 0.582 bits per heavy atom. The van der Waals surface area contributed by atoms with Crippen molar-refractivity contribution >= 4 is 11.9 Å². The molecular formula is C45H78O10. The summed E-state index contributed by atoms with van der Waals surface area (Å²) in [6.45, 7) is 3.26. The summed E-state index contributed by atoms with van der Waals surface area (Å²) in [6.07, 6.45) is 34.1. The lowest BCUT2D eigenvalue weighted by molar-refractivity contribution is -0.305. The van der Waals surface area contributed by atoms with Gasteiger partial charge in [-0.25, -0.2) is 0 Å². The highest BCUT2D eigenvalue weighted by Crippen LogP contribution is 2.22. The fraction of sp³-hybridized carbons (Fsp3) is 0.778. The number of aliphatic hydroxyl groups excluding tert-OH is 4. The molecule has 0 saturated carbocycles. The Kier molecular flexibility index (Phi) is 33.2. The van der Waals surface area contributed by atoms with E-state index in [1.165, 1.54) is 64.2 Å². The van der Waals surface area contributed by atoms with Gasteiger partial charge in [-0.15, -0.1) is 0 Å². The fourth-order valence-corrected chi connectivity index (χ4v) is 6.25. The predicted octanol–water partition coefficient (Wildman–Crippen LogP) is 8.88. The Morgan fingerprint density at radius 3 is 1.65 bits per heavy atom. The van der Waals surface area contributed by atoms with E-state index in [0.29, 0.717) is 12.8 Å². The number of hydrogen-bond donors (Lipinski definition) is 4. The molecule has 0 bridgehead atoms. The molecule has 55 heavy (non-hydrogen) atoms. The highest BCUT2D eigenvalue weighted by Gasteiger charge is 2.44. The van der Waals surface area contributed by atoms with Crippen LogP contribution in [0.2, 0.25) is 0 Å². The first-order chi connectivity index (χ1) is 26.8. The van der Waals surface area contributed by atoms with Crippen molar-refractivity contribution in [2.75, 3.05) is 19.8 Å². The second-order valence-corrected chi connectivity index (χ2v) is 14.8. The number of unbranched alkanes of at least 4 members (excludes halogenated alkanes) is 16. The highest BCUT2D eigenvalue weighted by molar-refractivity contribution is 5.70. The maximum atomic E-state index is 12.7. The fourth-order valence-electron chi connectivity index (χ4n) is 6.25. The molecule has 1 fully saturated rings. The monoisotopic (exact) mass is 779 g/mol. The first-order valence-electron chi connectivity index (χ1n) is 21.7. The van der Waals surface area contributed by atoms with Crippen molar-refractivity contribution in [2.24, 2.45) is 0 Å². The number of aliphatic hydroxyl groups is 4. The highest BCUT2D eigenvalue weighted by atomic mass is 16.7. The summed E-state index contributed by atoms with van der Waals surface area (Å²) in [7, 11) is 0. The average molecular weight is 779 g/mol. The third kappa shape index (κ3) is 27.8. The molecule has 0 amide bonds. The van der Waals surface area contributed by atoms with Crippen LogP contribution in [0.15, 0.2) is 48.6 Å². The number of hydrogen-bond acceptors (Lipinski definition) is 10. The number of carbonyl (C=O) groups is 2. The SMILES string of the molecule is CC/C=C\C/C=C\C/C=C\CCCCCC(=O)OC(COC(=O)CCCCCCCCC/C=C\CCCCCCCC)COC1OC(CO)C(O)C(O)C1O. The average Bonchev–Trinajstić information content (AvgIpc) is 3.18. The van der Waals surface area contributed by atoms with E-state index in [4.69, 9.17) is 18.9 Å². The van der Waals surface area contributed by atoms with Crippen molar-refractivity contribution in [2.45, 2.75) is 205 Å². The Morgan fingerprint density at radius 2 is 1.07 bits per heavy atom. The lowest BCUT2D eigenvalue weighted by Crippen LogP contribution is -2.59. The first-order valence-corrected chi connectivity index (χ1v) is 21.7. The summed E-state index contributed by atoms with van der Waals surface area (Å²) in [6, 6.07) is 0. The minimum Gasteiger partial charge on any atom is -0.462 e. The van der Waals surface area contributed by atoms with E-state index < -0.39 is 55.4 Å². The topological polar surface area (TPSA) is 152 Å². The van der Waals surface area contributed by atoms with Crippen molar-refractivity contribution in [3.63, 3.8) is 0 Å². The van der Waals surface area contributed by atoms with E-state index in [-0.39, 0.29) is 26.1 Å². The standard InChI is InChI=1S/C45H78O10/c1-3-5-7-9-11-13-15-17-18-19-20-22-23-25-27-29-31-33-40(47)52-36-38(37-53-45-44(51)43(50)42(49)39(35-46)55-45)54-41(48)34-32-30-28-26-24-21-16-14-12-10-8-6-4-2/h6,8,12,14,17-18,21,24,38-39,42-46,49-51H,3-5,7,9-11,13,15-16,19-20,22-23,25-37H2,1-2H3/b8-6-,14-12-,18-17-,24-21-. The van der Waals surface area contributed by atoms with Gasteiger partial charge in [0.1, 0.15) is 31.0 Å². The Bertz CT molecular complexity index is 1040. The summed E-state index contributed by atoms with van der Waals surface area (Å²) >= 11 is 0. The second-order valence-electron chi connectivity index (χ2n) is 14.8. The third-order valence-electron chi connectivity index (χ3n) is 9.70. The van der Waals surface area contributed by atoms with Crippen LogP contribution in [0.1, 0.15) is 168 Å². The minimum atomic E-state index is -1.60. The number of allylic oxidation sites excluding steroid dienone is 8. The summed E-state index contributed by atoms with van der Waals surface area (Å²) in [5.74, 6) is -0.848. The third-order valence-corrected chi connectivity index (χ3v) is 9.70. The van der Waals surface area contributed by atoms with Crippen molar-refractivity contribution in [1.29, 1.82) is 0 Å². The first kappa shape index (κ1) is 50.7. The summed E-state index contributed by atoms with van der Waals surface area (Å²) in [5, 5.41) is 40.0. The molecule has 0 aliphatic carbocycles. The lowest BCUT2D eigenvalue weighted by atomic mass is 9.99. The van der Waals surface area contributed by atoms with Crippen LogP contribution >= 0.6 is 0 Å². The lowest BCUT2D eigenvalue weighted by Gasteiger charge is -2.39. The maximum absolute atomic E-state index is 12.7. The molecule has 0 spiro atoms. The smallest absolute Gasteiger partial charge is 0.306 e. The second kappa shape index (κ2) is 36.0. The summed E-state index contributed by atoms with van der Waals surface area (Å²) in [4.78, 5) is 25.3. The minimum absolute atomic E-state index is 0.193. The van der Waals surface area contributed by atoms with Crippen LogP contribution in [0, 0.1) is 0 Å². The van der Waals surface area contributed by atoms with Crippen molar-refractivity contribution in [3.8, 4) is 0 Å². The molecule has 1 saturated heterocycles. The maximum Gasteiger partial charge on any atom is 0.306 e. The van der Waals surface area contributed by atoms with Crippen LogP contribution < -0.4 is 0 Å². The van der Waals surface area contributed by atoms with Crippen LogP contribution in [0.25, 0.3) is 0 Å². The molecule has 1 heterocycles. The van der Waals surface area contributed by atoms with Crippen LogP contribution in [-0.2, 0) is 28.5 Å². The van der Waals surface area contributed by atoms with Gasteiger partial charge in [-0.3, -0.25) is 9.59 Å². The molecule has 0 radical (unpaired) electrons. The van der Waals surface area contributed by atoms with Crippen LogP contribution in [0.5, 0.6) is 0 Å². The molecule has 0 aromatic heterocycles.